The van der Waals surface area contributed by atoms with Crippen molar-refractivity contribution in [3.8, 4) is 0 Å². The monoisotopic (exact) mass is 373 g/mol. The van der Waals surface area contributed by atoms with Crippen LogP contribution in [0.5, 0.6) is 0 Å². The number of hydrogen-bond acceptors (Lipinski definition) is 4. The molecular formula is C17H16ClN5O3. The van der Waals surface area contributed by atoms with Crippen LogP contribution in [0, 0.1) is 0 Å². The van der Waals surface area contributed by atoms with Gasteiger partial charge in [0.25, 0.3) is 0 Å². The zero-order valence-electron chi connectivity index (χ0n) is 13.7. The predicted octanol–water partition coefficient (Wildman–Crippen LogP) is 2.51. The van der Waals surface area contributed by atoms with Gasteiger partial charge in [-0.1, -0.05) is 23.7 Å². The van der Waals surface area contributed by atoms with Gasteiger partial charge in [0.05, 0.1) is 13.1 Å². The third-order valence-electron chi connectivity index (χ3n) is 3.65. The van der Waals surface area contributed by atoms with Gasteiger partial charge in [0, 0.05) is 29.9 Å². The van der Waals surface area contributed by atoms with E-state index in [1.807, 2.05) is 24.3 Å². The first-order valence-corrected chi connectivity index (χ1v) is 8.22. The number of benzene rings is 1. The van der Waals surface area contributed by atoms with E-state index in [0.717, 1.165) is 5.56 Å². The van der Waals surface area contributed by atoms with Gasteiger partial charge in [0.15, 0.2) is 5.82 Å². The van der Waals surface area contributed by atoms with E-state index in [4.69, 9.17) is 16.7 Å². The number of carboxylic acids is 1. The van der Waals surface area contributed by atoms with Crippen molar-refractivity contribution in [2.75, 3.05) is 5.32 Å². The van der Waals surface area contributed by atoms with Crippen molar-refractivity contribution in [2.24, 2.45) is 0 Å². The lowest BCUT2D eigenvalue weighted by atomic mass is 10.2. The van der Waals surface area contributed by atoms with Crippen molar-refractivity contribution in [1.82, 2.24) is 19.6 Å². The quantitative estimate of drug-likeness (QED) is 0.662. The fourth-order valence-corrected chi connectivity index (χ4v) is 2.52. The Morgan fingerprint density at radius 1 is 1.15 bits per heavy atom. The summed E-state index contributed by atoms with van der Waals surface area (Å²) in [5.41, 5.74) is 1.08. The lowest BCUT2D eigenvalue weighted by Crippen LogP contribution is -2.17. The third kappa shape index (κ3) is 4.48. The van der Waals surface area contributed by atoms with Crippen molar-refractivity contribution in [2.45, 2.75) is 19.5 Å². The molecule has 0 spiro atoms. The Bertz CT molecular complexity index is 917. The minimum Gasteiger partial charge on any atom is -0.477 e. The smallest absolute Gasteiger partial charge is 0.354 e. The molecule has 8 nitrogen and oxygen atoms in total. The first-order chi connectivity index (χ1) is 12.5. The highest BCUT2D eigenvalue weighted by molar-refractivity contribution is 6.30. The van der Waals surface area contributed by atoms with E-state index < -0.39 is 5.97 Å². The SMILES string of the molecule is O=C(CCn1nccc1C(=O)O)Nc1ccn(Cc2ccc(Cl)cc2)n1. The van der Waals surface area contributed by atoms with E-state index in [-0.39, 0.29) is 24.6 Å². The maximum atomic E-state index is 12.0. The highest BCUT2D eigenvalue weighted by Gasteiger charge is 2.12. The molecule has 3 aromatic rings. The predicted molar refractivity (Wildman–Crippen MR) is 95.2 cm³/mol. The molecule has 0 saturated carbocycles. The Labute approximate surface area is 154 Å². The van der Waals surface area contributed by atoms with Gasteiger partial charge in [-0.2, -0.15) is 10.2 Å². The molecule has 1 amide bonds. The standard InChI is InChI=1S/C17H16ClN5O3/c18-13-3-1-12(2-4-13)11-22-9-6-15(21-22)20-16(24)7-10-23-14(17(25)26)5-8-19-23/h1-6,8-9H,7,10-11H2,(H,25,26)(H,20,21,24). The second-order valence-electron chi connectivity index (χ2n) is 5.57. The number of anilines is 1. The molecular weight excluding hydrogens is 358 g/mol. The van der Waals surface area contributed by atoms with Crippen LogP contribution in [-0.4, -0.2) is 36.5 Å². The highest BCUT2D eigenvalue weighted by Crippen LogP contribution is 2.12. The Morgan fingerprint density at radius 2 is 1.92 bits per heavy atom. The van der Waals surface area contributed by atoms with Crippen LogP contribution in [-0.2, 0) is 17.9 Å². The molecule has 2 aromatic heterocycles. The van der Waals surface area contributed by atoms with E-state index in [1.54, 1.807) is 16.9 Å². The molecule has 2 heterocycles. The summed E-state index contributed by atoms with van der Waals surface area (Å²) in [4.78, 5) is 23.0. The molecule has 2 N–H and O–H groups in total. The van der Waals surface area contributed by atoms with E-state index in [2.05, 4.69) is 15.5 Å². The Kier molecular flexibility index (Phi) is 5.33. The van der Waals surface area contributed by atoms with Gasteiger partial charge in [-0.25, -0.2) is 4.79 Å². The Hall–Kier alpha value is -3.13. The van der Waals surface area contributed by atoms with E-state index in [9.17, 15) is 9.59 Å². The second kappa shape index (κ2) is 7.83. The number of aryl methyl sites for hydroxylation is 1. The minimum absolute atomic E-state index is 0.0463. The second-order valence-corrected chi connectivity index (χ2v) is 6.00. The first-order valence-electron chi connectivity index (χ1n) is 7.84. The number of rotatable bonds is 7. The number of carboxylic acid groups (broad SMARTS) is 1. The van der Waals surface area contributed by atoms with Crippen LogP contribution >= 0.6 is 11.6 Å². The zero-order chi connectivity index (χ0) is 18.5. The van der Waals surface area contributed by atoms with Crippen molar-refractivity contribution in [3.63, 3.8) is 0 Å². The number of carbonyl (C=O) groups excluding carboxylic acids is 1. The van der Waals surface area contributed by atoms with Crippen molar-refractivity contribution < 1.29 is 14.7 Å². The van der Waals surface area contributed by atoms with Crippen LogP contribution < -0.4 is 5.32 Å². The molecule has 134 valence electrons. The summed E-state index contributed by atoms with van der Waals surface area (Å²) < 4.78 is 2.98. The molecule has 0 saturated heterocycles. The Balaban J connectivity index is 1.53. The minimum atomic E-state index is -1.08. The topological polar surface area (TPSA) is 102 Å². The summed E-state index contributed by atoms with van der Waals surface area (Å²) in [5, 5.41) is 20.6. The van der Waals surface area contributed by atoms with Crippen LogP contribution in [0.1, 0.15) is 22.5 Å². The fourth-order valence-electron chi connectivity index (χ4n) is 2.40. The molecule has 0 bridgehead atoms. The molecule has 0 aliphatic rings. The van der Waals surface area contributed by atoms with Crippen molar-refractivity contribution in [3.05, 3.63) is 65.1 Å². The van der Waals surface area contributed by atoms with Gasteiger partial charge in [-0.05, 0) is 23.8 Å². The third-order valence-corrected chi connectivity index (χ3v) is 3.90. The number of nitrogens with one attached hydrogen (secondary N) is 1. The summed E-state index contributed by atoms with van der Waals surface area (Å²) in [6.45, 7) is 0.730. The lowest BCUT2D eigenvalue weighted by molar-refractivity contribution is -0.116. The number of aromatic nitrogens is 4. The molecule has 0 atom stereocenters. The van der Waals surface area contributed by atoms with Gasteiger partial charge < -0.3 is 10.4 Å². The average molecular weight is 374 g/mol. The maximum absolute atomic E-state index is 12.0. The number of nitrogens with zero attached hydrogens (tertiary/aromatic N) is 4. The van der Waals surface area contributed by atoms with E-state index in [1.165, 1.54) is 16.9 Å². The number of aromatic carboxylic acids is 1. The molecule has 3 rings (SSSR count). The van der Waals surface area contributed by atoms with E-state index >= 15 is 0 Å². The summed E-state index contributed by atoms with van der Waals surface area (Å²) in [7, 11) is 0. The maximum Gasteiger partial charge on any atom is 0.354 e. The molecule has 1 aromatic carbocycles. The number of hydrogen-bond donors (Lipinski definition) is 2. The summed E-state index contributed by atoms with van der Waals surface area (Å²) in [6.07, 6.45) is 3.24. The highest BCUT2D eigenvalue weighted by atomic mass is 35.5. The normalized spacial score (nSPS) is 10.7. The van der Waals surface area contributed by atoms with Gasteiger partial charge in [0.2, 0.25) is 5.91 Å². The van der Waals surface area contributed by atoms with E-state index in [0.29, 0.717) is 17.4 Å². The molecule has 9 heteroatoms. The van der Waals surface area contributed by atoms with Crippen LogP contribution in [0.2, 0.25) is 5.02 Å². The molecule has 0 aliphatic heterocycles. The van der Waals surface area contributed by atoms with Gasteiger partial charge >= 0.3 is 5.97 Å². The largest absolute Gasteiger partial charge is 0.477 e. The van der Waals surface area contributed by atoms with Gasteiger partial charge in [-0.15, -0.1) is 0 Å². The van der Waals surface area contributed by atoms with Crippen LogP contribution in [0.25, 0.3) is 0 Å². The summed E-state index contributed by atoms with van der Waals surface area (Å²) in [5.74, 6) is -0.916. The number of halogens is 1. The van der Waals surface area contributed by atoms with Gasteiger partial charge in [0.1, 0.15) is 5.69 Å². The van der Waals surface area contributed by atoms with Gasteiger partial charge in [-0.3, -0.25) is 14.2 Å². The number of carbonyl (C=O) groups is 2. The first kappa shape index (κ1) is 17.7. The summed E-state index contributed by atoms with van der Waals surface area (Å²) in [6, 6.07) is 10.5. The van der Waals surface area contributed by atoms with Crippen molar-refractivity contribution >= 4 is 29.3 Å². The van der Waals surface area contributed by atoms with Crippen LogP contribution in [0.3, 0.4) is 0 Å². The average Bonchev–Trinajstić information content (AvgIpc) is 3.24. The lowest BCUT2D eigenvalue weighted by Gasteiger charge is -2.05. The number of amides is 1. The molecule has 0 aliphatic carbocycles. The molecule has 0 fully saturated rings. The summed E-state index contributed by atoms with van der Waals surface area (Å²) >= 11 is 5.86. The molecule has 26 heavy (non-hydrogen) atoms. The molecule has 0 unspecified atom stereocenters. The Morgan fingerprint density at radius 3 is 2.65 bits per heavy atom. The van der Waals surface area contributed by atoms with Crippen molar-refractivity contribution in [1.29, 1.82) is 0 Å². The molecule has 0 radical (unpaired) electrons. The fraction of sp³-hybridized carbons (Fsp3) is 0.176. The zero-order valence-corrected chi connectivity index (χ0v) is 14.4. The van der Waals surface area contributed by atoms with Crippen LogP contribution in [0.15, 0.2) is 48.8 Å². The van der Waals surface area contributed by atoms with Crippen LogP contribution in [0.4, 0.5) is 5.82 Å².